The van der Waals surface area contributed by atoms with Crippen LogP contribution in [0.25, 0.3) is 0 Å². The molecule has 0 atom stereocenters. The largest absolute Gasteiger partial charge is 0.370 e. The van der Waals surface area contributed by atoms with Gasteiger partial charge in [0.25, 0.3) is 10.0 Å². The average molecular weight is 279 g/mol. The molecule has 0 aliphatic carbocycles. The summed E-state index contributed by atoms with van der Waals surface area (Å²) in [7, 11) is -3.92. The first-order valence-corrected chi connectivity index (χ1v) is 6.60. The Kier molecular flexibility index (Phi) is 4.09. The average Bonchev–Trinajstić information content (AvgIpc) is 2.62. The lowest BCUT2D eigenvalue weighted by Crippen LogP contribution is -2.17. The number of hydrogen-bond acceptors (Lipinski definition) is 7. The van der Waals surface area contributed by atoms with Gasteiger partial charge in [0, 0.05) is 12.8 Å². The SMILES string of the molecule is NC(=O)CCC(=O)Nc1nnc(S(N)(=O)=O)s1. The first-order valence-electron chi connectivity index (χ1n) is 4.23. The molecule has 5 N–H and O–H groups in total. The Labute approximate surface area is 100 Å². The van der Waals surface area contributed by atoms with Crippen LogP contribution < -0.4 is 16.2 Å². The van der Waals surface area contributed by atoms with Crippen LogP contribution in [-0.4, -0.2) is 30.4 Å². The lowest BCUT2D eigenvalue weighted by Gasteiger charge is -1.97. The number of carbonyl (C=O) groups is 2. The second-order valence-electron chi connectivity index (χ2n) is 2.93. The van der Waals surface area contributed by atoms with Crippen molar-refractivity contribution in [3.8, 4) is 0 Å². The van der Waals surface area contributed by atoms with Gasteiger partial charge in [0.05, 0.1) is 0 Å². The molecule has 1 aromatic heterocycles. The van der Waals surface area contributed by atoms with Crippen LogP contribution in [0.3, 0.4) is 0 Å². The molecular weight excluding hydrogens is 270 g/mol. The van der Waals surface area contributed by atoms with Gasteiger partial charge in [-0.15, -0.1) is 10.2 Å². The van der Waals surface area contributed by atoms with Gasteiger partial charge in [0.2, 0.25) is 21.3 Å². The van der Waals surface area contributed by atoms with E-state index in [1.807, 2.05) is 0 Å². The highest BCUT2D eigenvalue weighted by Gasteiger charge is 2.16. The van der Waals surface area contributed by atoms with E-state index in [0.29, 0.717) is 11.3 Å². The Hall–Kier alpha value is -1.59. The Balaban J connectivity index is 2.61. The molecule has 0 aromatic carbocycles. The zero-order valence-electron chi connectivity index (χ0n) is 8.41. The van der Waals surface area contributed by atoms with E-state index < -0.39 is 26.2 Å². The molecular formula is C6H9N5O4S2. The van der Waals surface area contributed by atoms with Crippen molar-refractivity contribution in [2.75, 3.05) is 5.32 Å². The van der Waals surface area contributed by atoms with E-state index in [0.717, 1.165) is 0 Å². The van der Waals surface area contributed by atoms with Crippen LogP contribution in [0.4, 0.5) is 5.13 Å². The minimum absolute atomic E-state index is 0.0107. The predicted octanol–water partition coefficient (Wildman–Crippen LogP) is -1.61. The number of primary amides is 1. The lowest BCUT2D eigenvalue weighted by atomic mass is 10.3. The fourth-order valence-corrected chi connectivity index (χ4v) is 2.14. The van der Waals surface area contributed by atoms with E-state index in [9.17, 15) is 18.0 Å². The van der Waals surface area contributed by atoms with Crippen LogP contribution in [0.15, 0.2) is 4.34 Å². The Morgan fingerprint density at radius 1 is 1.29 bits per heavy atom. The number of hydrogen-bond donors (Lipinski definition) is 3. The number of amides is 2. The third-order valence-corrected chi connectivity index (χ3v) is 3.64. The molecule has 0 aliphatic heterocycles. The van der Waals surface area contributed by atoms with Crippen molar-refractivity contribution >= 4 is 38.3 Å². The fourth-order valence-electron chi connectivity index (χ4n) is 0.794. The Bertz CT molecular complexity index is 536. The summed E-state index contributed by atoms with van der Waals surface area (Å²) in [5.74, 6) is -1.12. The molecule has 9 nitrogen and oxygen atoms in total. The molecule has 2 amide bonds. The number of nitrogens with two attached hydrogens (primary N) is 2. The van der Waals surface area contributed by atoms with Gasteiger partial charge in [-0.25, -0.2) is 13.6 Å². The summed E-state index contributed by atoms with van der Waals surface area (Å²) in [4.78, 5) is 21.6. The second kappa shape index (κ2) is 5.16. The topological polar surface area (TPSA) is 158 Å². The van der Waals surface area contributed by atoms with Crippen molar-refractivity contribution in [2.45, 2.75) is 17.2 Å². The van der Waals surface area contributed by atoms with E-state index >= 15 is 0 Å². The van der Waals surface area contributed by atoms with Crippen LogP contribution in [0.2, 0.25) is 0 Å². The van der Waals surface area contributed by atoms with Crippen LogP contribution in [0, 0.1) is 0 Å². The molecule has 0 radical (unpaired) electrons. The minimum atomic E-state index is -3.92. The highest BCUT2D eigenvalue weighted by molar-refractivity contribution is 7.91. The molecule has 0 fully saturated rings. The van der Waals surface area contributed by atoms with Gasteiger partial charge in [0.15, 0.2) is 0 Å². The van der Waals surface area contributed by atoms with Crippen molar-refractivity contribution in [1.29, 1.82) is 0 Å². The summed E-state index contributed by atoms with van der Waals surface area (Å²) >= 11 is 0.619. The molecule has 0 saturated carbocycles. The summed E-state index contributed by atoms with van der Waals surface area (Å²) in [6, 6.07) is 0. The van der Waals surface area contributed by atoms with Crippen LogP contribution in [-0.2, 0) is 19.6 Å². The van der Waals surface area contributed by atoms with E-state index in [1.165, 1.54) is 0 Å². The van der Waals surface area contributed by atoms with E-state index in [4.69, 9.17) is 10.9 Å². The lowest BCUT2D eigenvalue weighted by molar-refractivity contribution is -0.122. The molecule has 1 aromatic rings. The first kappa shape index (κ1) is 13.5. The quantitative estimate of drug-likeness (QED) is 0.550. The van der Waals surface area contributed by atoms with Gasteiger partial charge in [-0.3, -0.25) is 9.59 Å². The summed E-state index contributed by atoms with van der Waals surface area (Å²) in [6.07, 6.45) is -0.216. The number of carbonyl (C=O) groups excluding carboxylic acids is 2. The van der Waals surface area contributed by atoms with E-state index in [2.05, 4.69) is 15.5 Å². The summed E-state index contributed by atoms with van der Waals surface area (Å²) in [5.41, 5.74) is 4.86. The van der Waals surface area contributed by atoms with Gasteiger partial charge < -0.3 is 11.1 Å². The number of sulfonamides is 1. The smallest absolute Gasteiger partial charge is 0.267 e. The fraction of sp³-hybridized carbons (Fsp3) is 0.333. The van der Waals surface area contributed by atoms with Gasteiger partial charge in [-0.05, 0) is 0 Å². The zero-order chi connectivity index (χ0) is 13.1. The molecule has 0 bridgehead atoms. The molecule has 0 spiro atoms. The Morgan fingerprint density at radius 3 is 2.41 bits per heavy atom. The van der Waals surface area contributed by atoms with Gasteiger partial charge in [-0.1, -0.05) is 11.3 Å². The number of aromatic nitrogens is 2. The standard InChI is InChI=1S/C6H9N5O4S2/c7-3(12)1-2-4(13)9-5-10-11-6(16-5)17(8,14)15/h1-2H2,(H2,7,12)(H2,8,14,15)(H,9,10,13). The molecule has 0 aliphatic rings. The van der Waals surface area contributed by atoms with Crippen LogP contribution in [0.1, 0.15) is 12.8 Å². The predicted molar refractivity (Wildman–Crippen MR) is 58.3 cm³/mol. The van der Waals surface area contributed by atoms with Crippen molar-refractivity contribution in [3.05, 3.63) is 0 Å². The normalized spacial score (nSPS) is 11.1. The van der Waals surface area contributed by atoms with Crippen LogP contribution in [0.5, 0.6) is 0 Å². The van der Waals surface area contributed by atoms with Crippen LogP contribution >= 0.6 is 11.3 Å². The highest BCUT2D eigenvalue weighted by atomic mass is 32.2. The molecule has 1 rings (SSSR count). The van der Waals surface area contributed by atoms with Crippen molar-refractivity contribution in [3.63, 3.8) is 0 Å². The highest BCUT2D eigenvalue weighted by Crippen LogP contribution is 2.18. The molecule has 17 heavy (non-hydrogen) atoms. The number of nitrogens with one attached hydrogen (secondary N) is 1. The molecule has 11 heteroatoms. The first-order chi connectivity index (χ1) is 7.79. The van der Waals surface area contributed by atoms with E-state index in [-0.39, 0.29) is 18.0 Å². The third kappa shape index (κ3) is 4.42. The summed E-state index contributed by atoms with van der Waals surface area (Å²) < 4.78 is 21.3. The van der Waals surface area contributed by atoms with Crippen molar-refractivity contribution in [1.82, 2.24) is 10.2 Å². The number of rotatable bonds is 5. The Morgan fingerprint density at radius 2 is 1.94 bits per heavy atom. The number of nitrogens with zero attached hydrogens (tertiary/aromatic N) is 2. The molecule has 1 heterocycles. The maximum atomic E-state index is 11.2. The van der Waals surface area contributed by atoms with Crippen molar-refractivity contribution in [2.24, 2.45) is 10.9 Å². The van der Waals surface area contributed by atoms with E-state index in [1.54, 1.807) is 0 Å². The monoisotopic (exact) mass is 279 g/mol. The number of primary sulfonamides is 1. The number of anilines is 1. The van der Waals surface area contributed by atoms with Crippen molar-refractivity contribution < 1.29 is 18.0 Å². The third-order valence-electron chi connectivity index (χ3n) is 1.49. The zero-order valence-corrected chi connectivity index (χ0v) is 10.0. The maximum absolute atomic E-state index is 11.2. The van der Waals surface area contributed by atoms with Gasteiger partial charge in [-0.2, -0.15) is 0 Å². The van der Waals surface area contributed by atoms with Gasteiger partial charge >= 0.3 is 0 Å². The molecule has 0 saturated heterocycles. The van der Waals surface area contributed by atoms with Gasteiger partial charge in [0.1, 0.15) is 0 Å². The maximum Gasteiger partial charge on any atom is 0.267 e. The molecule has 0 unspecified atom stereocenters. The summed E-state index contributed by atoms with van der Waals surface area (Å²) in [6.45, 7) is 0. The molecule has 94 valence electrons. The summed E-state index contributed by atoms with van der Waals surface area (Å²) in [5, 5.41) is 13.8. The minimum Gasteiger partial charge on any atom is -0.370 e. The second-order valence-corrected chi connectivity index (χ2v) is 5.65.